The van der Waals surface area contributed by atoms with Gasteiger partial charge in [-0.05, 0) is 37.5 Å². The summed E-state index contributed by atoms with van der Waals surface area (Å²) in [5.74, 6) is -0.373. The first-order valence-electron chi connectivity index (χ1n) is 12.5. The van der Waals surface area contributed by atoms with Crippen molar-refractivity contribution in [3.63, 3.8) is 0 Å². The van der Waals surface area contributed by atoms with Crippen LogP contribution >= 0.6 is 27.3 Å². The number of aliphatic imine (C=N–C) groups is 1. The maximum atomic E-state index is 14.0. The molecule has 2 fully saturated rings. The van der Waals surface area contributed by atoms with E-state index < -0.39 is 17.8 Å². The summed E-state index contributed by atoms with van der Waals surface area (Å²) < 4.78 is 25.9. The fraction of sp³-hybridized carbons (Fsp3) is 0.462. The van der Waals surface area contributed by atoms with Crippen molar-refractivity contribution in [2.75, 3.05) is 26.4 Å². The van der Waals surface area contributed by atoms with Gasteiger partial charge in [-0.3, -0.25) is 14.7 Å². The van der Waals surface area contributed by atoms with Crippen LogP contribution in [-0.4, -0.2) is 72.1 Å². The molecule has 1 aromatic heterocycles. The van der Waals surface area contributed by atoms with Crippen LogP contribution in [0.1, 0.15) is 43.3 Å². The Morgan fingerprint density at radius 1 is 1.32 bits per heavy atom. The van der Waals surface area contributed by atoms with Crippen molar-refractivity contribution in [2.24, 2.45) is 4.99 Å². The zero-order valence-corrected chi connectivity index (χ0v) is 23.5. The van der Waals surface area contributed by atoms with Crippen LogP contribution in [-0.2, 0) is 19.1 Å². The van der Waals surface area contributed by atoms with Crippen molar-refractivity contribution in [3.8, 4) is 0 Å². The zero-order valence-electron chi connectivity index (χ0n) is 21.1. The zero-order chi connectivity index (χ0) is 26.8. The predicted octanol–water partition coefficient (Wildman–Crippen LogP) is 3.32. The second kappa shape index (κ2) is 11.6. The Balaban J connectivity index is 1.55. The predicted molar refractivity (Wildman–Crippen MR) is 144 cm³/mol. The van der Waals surface area contributed by atoms with Gasteiger partial charge in [0.1, 0.15) is 11.9 Å². The summed E-state index contributed by atoms with van der Waals surface area (Å²) >= 11 is 4.91. The summed E-state index contributed by atoms with van der Waals surface area (Å²) in [6.07, 6.45) is 3.20. The lowest BCUT2D eigenvalue weighted by atomic mass is 9.88. The molecule has 3 aliphatic rings. The Morgan fingerprint density at radius 2 is 2.08 bits per heavy atom. The van der Waals surface area contributed by atoms with E-state index in [0.29, 0.717) is 51.9 Å². The number of morpholine rings is 1. The highest BCUT2D eigenvalue weighted by molar-refractivity contribution is 9.10. The second-order valence-corrected chi connectivity index (χ2v) is 11.3. The number of fused-ring (bicyclic) bond motifs is 2. The molecule has 9 nitrogen and oxygen atoms in total. The number of esters is 1. The summed E-state index contributed by atoms with van der Waals surface area (Å²) in [6, 6.07) is 3.84. The average Bonchev–Trinajstić information content (AvgIpc) is 3.39. The Morgan fingerprint density at radius 3 is 2.71 bits per heavy atom. The molecule has 0 radical (unpaired) electrons. The highest BCUT2D eigenvalue weighted by Gasteiger charge is 2.42. The number of hydrogen-bond acceptors (Lipinski definition) is 9. The molecular weight excluding hydrogens is 577 g/mol. The summed E-state index contributed by atoms with van der Waals surface area (Å²) in [4.78, 5) is 36.8. The smallest absolute Gasteiger partial charge is 0.338 e. The lowest BCUT2D eigenvalue weighted by molar-refractivity contribution is -0.139. The topological polar surface area (TPSA) is 105 Å². The van der Waals surface area contributed by atoms with E-state index in [-0.39, 0.29) is 30.6 Å². The first-order valence-corrected chi connectivity index (χ1v) is 14.2. The largest absolute Gasteiger partial charge is 0.463 e. The number of piperidine rings is 1. The van der Waals surface area contributed by atoms with E-state index in [1.54, 1.807) is 19.2 Å². The van der Waals surface area contributed by atoms with Crippen LogP contribution in [0.15, 0.2) is 50.5 Å². The molecule has 3 atom stereocenters. The molecule has 4 heterocycles. The van der Waals surface area contributed by atoms with Crippen molar-refractivity contribution in [1.82, 2.24) is 20.5 Å². The highest BCUT2D eigenvalue weighted by atomic mass is 79.9. The number of rotatable bonds is 7. The standard InChI is InChI=1S/C26H29BrFN5O4S/c1-3-37-26(35)22-21(11-33-17-9-16(30-14(2)34)10-18(33)13-36-12-17)31-24(25-29-6-7-38-25)32-23(22)19-5-4-15(28)8-20(19)27/h4-8,16-18,23H,3,9-13H2,1-2H3,(H,30,34)(H,31,32). The number of nitrogens with one attached hydrogen (secondary N) is 2. The maximum absolute atomic E-state index is 14.0. The molecule has 12 heteroatoms. The van der Waals surface area contributed by atoms with E-state index in [0.717, 1.165) is 12.8 Å². The molecule has 0 spiro atoms. The SMILES string of the molecule is CCOC(=O)C1=C(CN2C3COCC2CC(NC(C)=O)C3)NC(c2nccs2)=NC1c1ccc(F)cc1Br. The Bertz CT molecular complexity index is 1260. The van der Waals surface area contributed by atoms with Crippen molar-refractivity contribution in [2.45, 2.75) is 50.9 Å². The third-order valence-corrected chi connectivity index (χ3v) is 8.40. The molecule has 1 aromatic carbocycles. The molecule has 0 aliphatic carbocycles. The van der Waals surface area contributed by atoms with Crippen LogP contribution in [0.4, 0.5) is 4.39 Å². The molecule has 3 aliphatic heterocycles. The number of ether oxygens (including phenoxy) is 2. The number of aromatic nitrogens is 1. The number of thiazole rings is 1. The number of benzene rings is 1. The summed E-state index contributed by atoms with van der Waals surface area (Å²) in [7, 11) is 0. The van der Waals surface area contributed by atoms with Crippen molar-refractivity contribution >= 4 is 45.0 Å². The van der Waals surface area contributed by atoms with Crippen LogP contribution < -0.4 is 10.6 Å². The van der Waals surface area contributed by atoms with Gasteiger partial charge in [-0.25, -0.2) is 14.2 Å². The van der Waals surface area contributed by atoms with Crippen LogP contribution in [0.2, 0.25) is 0 Å². The van der Waals surface area contributed by atoms with Gasteiger partial charge in [0, 0.05) is 53.3 Å². The van der Waals surface area contributed by atoms with Crippen LogP contribution in [0.5, 0.6) is 0 Å². The molecular formula is C26H29BrFN5O4S. The second-order valence-electron chi connectivity index (χ2n) is 9.51. The third-order valence-electron chi connectivity index (χ3n) is 6.93. The molecule has 0 saturated carbocycles. The van der Waals surface area contributed by atoms with E-state index >= 15 is 0 Å². The molecule has 5 rings (SSSR count). The Hall–Kier alpha value is -2.67. The summed E-state index contributed by atoms with van der Waals surface area (Å²) in [5.41, 5.74) is 1.69. The van der Waals surface area contributed by atoms with Gasteiger partial charge in [0.15, 0.2) is 10.8 Å². The molecule has 3 unspecified atom stereocenters. The number of carbonyl (C=O) groups is 2. The van der Waals surface area contributed by atoms with E-state index in [2.05, 4.69) is 36.4 Å². The monoisotopic (exact) mass is 605 g/mol. The minimum Gasteiger partial charge on any atom is -0.463 e. The number of nitrogens with zero attached hydrogens (tertiary/aromatic N) is 3. The number of amidine groups is 1. The molecule has 2 saturated heterocycles. The lowest BCUT2D eigenvalue weighted by Gasteiger charge is -2.49. The molecule has 2 N–H and O–H groups in total. The molecule has 2 aromatic rings. The summed E-state index contributed by atoms with van der Waals surface area (Å²) in [5, 5.41) is 8.99. The minimum atomic E-state index is -0.729. The Labute approximate surface area is 232 Å². The van der Waals surface area contributed by atoms with E-state index in [9.17, 15) is 14.0 Å². The van der Waals surface area contributed by atoms with Crippen molar-refractivity contribution < 1.29 is 23.5 Å². The van der Waals surface area contributed by atoms with Crippen LogP contribution in [0.25, 0.3) is 0 Å². The van der Waals surface area contributed by atoms with Gasteiger partial charge in [-0.15, -0.1) is 11.3 Å². The van der Waals surface area contributed by atoms with Crippen molar-refractivity contribution in [3.05, 3.63) is 61.9 Å². The van der Waals surface area contributed by atoms with E-state index in [1.807, 2.05) is 5.38 Å². The van der Waals surface area contributed by atoms with Gasteiger partial charge < -0.3 is 20.1 Å². The quantitative estimate of drug-likeness (QED) is 0.466. The number of carbonyl (C=O) groups excluding carboxylic acids is 2. The normalized spacial score (nSPS) is 25.4. The Kier molecular flexibility index (Phi) is 8.22. The number of amides is 1. The minimum absolute atomic E-state index is 0.0410. The van der Waals surface area contributed by atoms with Gasteiger partial charge in [0.2, 0.25) is 5.91 Å². The maximum Gasteiger partial charge on any atom is 0.338 e. The third kappa shape index (κ3) is 5.68. The summed E-state index contributed by atoms with van der Waals surface area (Å²) in [6.45, 7) is 5.00. The molecule has 2 bridgehead atoms. The fourth-order valence-electron chi connectivity index (χ4n) is 5.40. The number of hydrogen-bond donors (Lipinski definition) is 2. The van der Waals surface area contributed by atoms with Gasteiger partial charge in [-0.2, -0.15) is 0 Å². The van der Waals surface area contributed by atoms with Gasteiger partial charge in [0.05, 0.1) is 25.4 Å². The lowest BCUT2D eigenvalue weighted by Crippen LogP contribution is -2.61. The first kappa shape index (κ1) is 26.9. The van der Waals surface area contributed by atoms with Gasteiger partial charge >= 0.3 is 5.97 Å². The van der Waals surface area contributed by atoms with E-state index in [1.165, 1.54) is 30.4 Å². The van der Waals surface area contributed by atoms with Crippen LogP contribution in [0.3, 0.4) is 0 Å². The van der Waals surface area contributed by atoms with Gasteiger partial charge in [-0.1, -0.05) is 22.0 Å². The fourth-order valence-corrected chi connectivity index (χ4v) is 6.56. The molecule has 38 heavy (non-hydrogen) atoms. The highest BCUT2D eigenvalue weighted by Crippen LogP contribution is 2.38. The van der Waals surface area contributed by atoms with Crippen LogP contribution in [0, 0.1) is 5.82 Å². The molecule has 202 valence electrons. The number of halogens is 2. The first-order chi connectivity index (χ1) is 18.3. The van der Waals surface area contributed by atoms with E-state index in [4.69, 9.17) is 14.5 Å². The van der Waals surface area contributed by atoms with Crippen molar-refractivity contribution in [1.29, 1.82) is 0 Å². The van der Waals surface area contributed by atoms with Gasteiger partial charge in [0.25, 0.3) is 0 Å². The molecule has 1 amide bonds. The average molecular weight is 607 g/mol.